The lowest BCUT2D eigenvalue weighted by molar-refractivity contribution is -0.115. The molecule has 1 rings (SSSR count). The van der Waals surface area contributed by atoms with Gasteiger partial charge in [-0.2, -0.15) is 5.26 Å². The summed E-state index contributed by atoms with van der Waals surface area (Å²) in [7, 11) is 2.07. The number of hydrogen-bond acceptors (Lipinski definition) is 3. The summed E-state index contributed by atoms with van der Waals surface area (Å²) in [5.74, 6) is 0.648. The van der Waals surface area contributed by atoms with Gasteiger partial charge in [-0.15, -0.1) is 0 Å². The third-order valence-corrected chi connectivity index (χ3v) is 5.49. The molecule has 0 spiro atoms. The number of unbranched alkanes of at least 4 members (excludes halogenated alkanes) is 4. The zero-order chi connectivity index (χ0) is 19.2. The van der Waals surface area contributed by atoms with E-state index in [1.165, 1.54) is 57.1 Å². The Kier molecular flexibility index (Phi) is 11.8. The van der Waals surface area contributed by atoms with E-state index in [0.717, 1.165) is 25.8 Å². The lowest BCUT2D eigenvalue weighted by Gasteiger charge is -2.16. The van der Waals surface area contributed by atoms with Crippen LogP contribution in [-0.2, 0) is 4.79 Å². The van der Waals surface area contributed by atoms with Crippen molar-refractivity contribution in [2.45, 2.75) is 90.9 Å². The van der Waals surface area contributed by atoms with E-state index >= 15 is 0 Å². The summed E-state index contributed by atoms with van der Waals surface area (Å²) in [5.41, 5.74) is 1.54. The Morgan fingerprint density at radius 1 is 1.15 bits per heavy atom. The van der Waals surface area contributed by atoms with Gasteiger partial charge in [0.05, 0.1) is 5.57 Å². The van der Waals surface area contributed by atoms with E-state index in [0.29, 0.717) is 17.9 Å². The molecule has 1 aliphatic rings. The molecule has 0 aromatic heterocycles. The highest BCUT2D eigenvalue weighted by Crippen LogP contribution is 2.23. The SMILES string of the molecule is CCCCCCC(CCCC)CCC(=O)/C(C#N)=C\C=C1/CCCN1C. The van der Waals surface area contributed by atoms with Crippen LogP contribution in [-0.4, -0.2) is 24.3 Å². The minimum Gasteiger partial charge on any atom is -0.378 e. The number of rotatable bonds is 13. The van der Waals surface area contributed by atoms with Gasteiger partial charge in [-0.25, -0.2) is 0 Å². The molecule has 0 aliphatic carbocycles. The maximum atomic E-state index is 12.5. The third kappa shape index (κ3) is 8.70. The predicted octanol–water partition coefficient (Wildman–Crippen LogP) is 6.17. The van der Waals surface area contributed by atoms with Gasteiger partial charge in [0.1, 0.15) is 6.07 Å². The number of allylic oxidation sites excluding steroid dienone is 4. The van der Waals surface area contributed by atoms with E-state index < -0.39 is 0 Å². The number of ketones is 1. The summed E-state index contributed by atoms with van der Waals surface area (Å²) in [5, 5.41) is 9.36. The van der Waals surface area contributed by atoms with Gasteiger partial charge in [0, 0.05) is 25.7 Å². The molecule has 0 aromatic rings. The van der Waals surface area contributed by atoms with Crippen molar-refractivity contribution in [3.8, 4) is 6.07 Å². The summed E-state index contributed by atoms with van der Waals surface area (Å²) in [6, 6.07) is 2.12. The summed E-state index contributed by atoms with van der Waals surface area (Å²) < 4.78 is 0. The molecule has 0 bridgehead atoms. The Morgan fingerprint density at radius 3 is 2.50 bits per heavy atom. The molecule has 1 unspecified atom stereocenters. The number of hydrogen-bond donors (Lipinski definition) is 0. The van der Waals surface area contributed by atoms with Crippen LogP contribution in [0, 0.1) is 17.2 Å². The molecule has 0 aromatic carbocycles. The van der Waals surface area contributed by atoms with Crippen LogP contribution in [0.25, 0.3) is 0 Å². The van der Waals surface area contributed by atoms with Crippen LogP contribution in [0.4, 0.5) is 0 Å². The molecular weight excluding hydrogens is 320 g/mol. The topological polar surface area (TPSA) is 44.1 Å². The Bertz CT molecular complexity index is 513. The predicted molar refractivity (Wildman–Crippen MR) is 110 cm³/mol. The van der Waals surface area contributed by atoms with Gasteiger partial charge >= 0.3 is 0 Å². The van der Waals surface area contributed by atoms with Crippen molar-refractivity contribution in [2.24, 2.45) is 5.92 Å². The summed E-state index contributed by atoms with van der Waals surface area (Å²) >= 11 is 0. The monoisotopic (exact) mass is 358 g/mol. The van der Waals surface area contributed by atoms with Gasteiger partial charge in [0.2, 0.25) is 0 Å². The standard InChI is InChI=1S/C23H38N2O/c1-4-6-8-9-12-20(11-7-5-2)14-17-23(26)21(19-24)15-16-22-13-10-18-25(22)3/h15-16,20H,4-14,17-18H2,1-3H3/b21-15-,22-16+. The highest BCUT2D eigenvalue weighted by atomic mass is 16.1. The first-order valence-corrected chi connectivity index (χ1v) is 10.7. The Hall–Kier alpha value is -1.56. The average molecular weight is 359 g/mol. The van der Waals surface area contributed by atoms with Crippen LogP contribution in [0.5, 0.6) is 0 Å². The van der Waals surface area contributed by atoms with Crippen LogP contribution in [0.15, 0.2) is 23.4 Å². The zero-order valence-corrected chi connectivity index (χ0v) is 17.2. The molecule has 1 aliphatic heterocycles. The number of nitrogens with zero attached hydrogens (tertiary/aromatic N) is 2. The first-order chi connectivity index (χ1) is 12.6. The van der Waals surface area contributed by atoms with E-state index in [1.54, 1.807) is 6.08 Å². The molecule has 1 saturated heterocycles. The summed E-state index contributed by atoms with van der Waals surface area (Å²) in [4.78, 5) is 14.7. The van der Waals surface area contributed by atoms with E-state index in [1.807, 2.05) is 6.08 Å². The molecule has 3 nitrogen and oxygen atoms in total. The average Bonchev–Trinajstić information content (AvgIpc) is 3.05. The highest BCUT2D eigenvalue weighted by molar-refractivity contribution is 5.99. The number of likely N-dealkylation sites (tertiary alicyclic amines) is 1. The fourth-order valence-corrected chi connectivity index (χ4v) is 3.67. The van der Waals surface area contributed by atoms with Crippen molar-refractivity contribution in [2.75, 3.05) is 13.6 Å². The molecule has 0 N–H and O–H groups in total. The first-order valence-electron chi connectivity index (χ1n) is 10.7. The lowest BCUT2D eigenvalue weighted by Crippen LogP contribution is -2.10. The normalized spacial score (nSPS) is 17.5. The van der Waals surface area contributed by atoms with Crippen LogP contribution in [0.3, 0.4) is 0 Å². The first kappa shape index (κ1) is 22.5. The Labute approximate surface area is 161 Å². The number of Topliss-reactive ketones (excluding diaryl/α,β-unsaturated/α-hetero) is 1. The molecule has 0 radical (unpaired) electrons. The maximum Gasteiger partial charge on any atom is 0.173 e. The molecule has 26 heavy (non-hydrogen) atoms. The Balaban J connectivity index is 2.53. The molecule has 1 fully saturated rings. The van der Waals surface area contributed by atoms with Gasteiger partial charge in [-0.3, -0.25) is 4.79 Å². The van der Waals surface area contributed by atoms with E-state index in [4.69, 9.17) is 0 Å². The van der Waals surface area contributed by atoms with Crippen molar-refractivity contribution < 1.29 is 4.79 Å². The maximum absolute atomic E-state index is 12.5. The molecule has 0 saturated carbocycles. The van der Waals surface area contributed by atoms with Crippen LogP contribution in [0.2, 0.25) is 0 Å². The summed E-state index contributed by atoms with van der Waals surface area (Å²) in [6.07, 6.45) is 17.4. The fraction of sp³-hybridized carbons (Fsp3) is 0.739. The minimum atomic E-state index is 0.0139. The molecule has 3 heteroatoms. The van der Waals surface area contributed by atoms with Crippen LogP contribution < -0.4 is 0 Å². The number of nitriles is 1. The summed E-state index contributed by atoms with van der Waals surface area (Å²) in [6.45, 7) is 5.53. The van der Waals surface area contributed by atoms with E-state index in [9.17, 15) is 10.1 Å². The molecular formula is C23H38N2O. The second kappa shape index (κ2) is 13.6. The second-order valence-electron chi connectivity index (χ2n) is 7.69. The quantitative estimate of drug-likeness (QED) is 0.224. The fourth-order valence-electron chi connectivity index (χ4n) is 3.67. The third-order valence-electron chi connectivity index (χ3n) is 5.49. The van der Waals surface area contributed by atoms with Gasteiger partial charge in [0.25, 0.3) is 0 Å². The molecule has 0 amide bonds. The van der Waals surface area contributed by atoms with Gasteiger partial charge in [0.15, 0.2) is 5.78 Å². The zero-order valence-electron chi connectivity index (χ0n) is 17.2. The van der Waals surface area contributed by atoms with Crippen molar-refractivity contribution in [1.82, 2.24) is 4.90 Å². The van der Waals surface area contributed by atoms with Crippen LogP contribution in [0.1, 0.15) is 90.9 Å². The highest BCUT2D eigenvalue weighted by Gasteiger charge is 2.15. The van der Waals surface area contributed by atoms with Gasteiger partial charge in [-0.05, 0) is 37.3 Å². The van der Waals surface area contributed by atoms with Crippen molar-refractivity contribution in [3.63, 3.8) is 0 Å². The van der Waals surface area contributed by atoms with E-state index in [2.05, 4.69) is 31.9 Å². The largest absolute Gasteiger partial charge is 0.378 e. The smallest absolute Gasteiger partial charge is 0.173 e. The molecule has 1 heterocycles. The number of carbonyl (C=O) groups is 1. The van der Waals surface area contributed by atoms with Crippen molar-refractivity contribution in [1.29, 1.82) is 5.26 Å². The van der Waals surface area contributed by atoms with Gasteiger partial charge < -0.3 is 4.90 Å². The van der Waals surface area contributed by atoms with Crippen molar-refractivity contribution in [3.05, 3.63) is 23.4 Å². The Morgan fingerprint density at radius 2 is 1.88 bits per heavy atom. The molecule has 1 atom stereocenters. The lowest BCUT2D eigenvalue weighted by atomic mass is 9.89. The van der Waals surface area contributed by atoms with Crippen LogP contribution >= 0.6 is 0 Å². The number of carbonyl (C=O) groups excluding carboxylic acids is 1. The van der Waals surface area contributed by atoms with Gasteiger partial charge in [-0.1, -0.05) is 65.2 Å². The van der Waals surface area contributed by atoms with Crippen molar-refractivity contribution >= 4 is 5.78 Å². The minimum absolute atomic E-state index is 0.0139. The second-order valence-corrected chi connectivity index (χ2v) is 7.69. The molecule has 146 valence electrons. The van der Waals surface area contributed by atoms with E-state index in [-0.39, 0.29) is 5.78 Å².